The molecule has 0 aromatic heterocycles. The summed E-state index contributed by atoms with van der Waals surface area (Å²) in [6.07, 6.45) is 3.19. The number of likely N-dealkylation sites (tertiary alicyclic amines) is 2. The van der Waals surface area contributed by atoms with Crippen molar-refractivity contribution in [1.82, 2.24) is 9.80 Å². The predicted octanol–water partition coefficient (Wildman–Crippen LogP) is 3.13. The minimum absolute atomic E-state index is 0.0290. The Labute approximate surface area is 141 Å². The summed E-state index contributed by atoms with van der Waals surface area (Å²) in [5.41, 5.74) is 0.0526. The Morgan fingerprint density at radius 3 is 2.30 bits per heavy atom. The van der Waals surface area contributed by atoms with Gasteiger partial charge in [0.25, 0.3) is 0 Å². The zero-order valence-corrected chi connectivity index (χ0v) is 15.7. The molecule has 2 rings (SSSR count). The fraction of sp³-hybridized carbons (Fsp3) is 0.944. The monoisotopic (exact) mass is 326 g/mol. The average Bonchev–Trinajstić information content (AvgIpc) is 3.04. The van der Waals surface area contributed by atoms with Gasteiger partial charge in [0.2, 0.25) is 0 Å². The smallest absolute Gasteiger partial charge is 0.410 e. The maximum Gasteiger partial charge on any atom is 0.410 e. The summed E-state index contributed by atoms with van der Waals surface area (Å²) < 4.78 is 12.0. The van der Waals surface area contributed by atoms with E-state index in [-0.39, 0.29) is 35.9 Å². The Bertz CT molecular complexity index is 400. The molecule has 0 bridgehead atoms. The second-order valence-electron chi connectivity index (χ2n) is 8.41. The summed E-state index contributed by atoms with van der Waals surface area (Å²) >= 11 is 0. The van der Waals surface area contributed by atoms with Crippen molar-refractivity contribution in [3.8, 4) is 0 Å². The molecule has 0 aromatic rings. The highest BCUT2D eigenvalue weighted by atomic mass is 16.6. The normalized spacial score (nSPS) is 27.7. The Morgan fingerprint density at radius 2 is 1.78 bits per heavy atom. The zero-order valence-electron chi connectivity index (χ0n) is 15.7. The van der Waals surface area contributed by atoms with Crippen LogP contribution in [0.5, 0.6) is 0 Å². The lowest BCUT2D eigenvalue weighted by Gasteiger charge is -2.39. The van der Waals surface area contributed by atoms with Gasteiger partial charge < -0.3 is 14.4 Å². The molecule has 0 aliphatic carbocycles. The summed E-state index contributed by atoms with van der Waals surface area (Å²) in [5, 5.41) is 0. The number of rotatable bonds is 4. The zero-order chi connectivity index (χ0) is 17.2. The van der Waals surface area contributed by atoms with Gasteiger partial charge in [-0.15, -0.1) is 0 Å². The highest BCUT2D eigenvalue weighted by Crippen LogP contribution is 2.34. The second kappa shape index (κ2) is 7.39. The van der Waals surface area contributed by atoms with Crippen molar-refractivity contribution in [3.05, 3.63) is 0 Å². The van der Waals surface area contributed by atoms with Crippen molar-refractivity contribution in [2.45, 2.75) is 78.2 Å². The molecule has 5 nitrogen and oxygen atoms in total. The van der Waals surface area contributed by atoms with Gasteiger partial charge in [-0.2, -0.15) is 0 Å². The molecule has 1 amide bonds. The molecule has 2 heterocycles. The molecular weight excluding hydrogens is 292 g/mol. The molecule has 2 aliphatic heterocycles. The molecule has 2 saturated heterocycles. The van der Waals surface area contributed by atoms with Gasteiger partial charge in [0, 0.05) is 32.1 Å². The van der Waals surface area contributed by atoms with E-state index in [1.165, 1.54) is 0 Å². The SMILES string of the molecule is CC(C)OC([C@@H]1CC(OC(=O)N2CCCC2)CN1C)C(C)(C)C. The maximum atomic E-state index is 12.2. The molecule has 134 valence electrons. The van der Waals surface area contributed by atoms with E-state index in [9.17, 15) is 4.79 Å². The van der Waals surface area contributed by atoms with Gasteiger partial charge in [-0.05, 0) is 39.2 Å². The van der Waals surface area contributed by atoms with Gasteiger partial charge in [0.1, 0.15) is 6.10 Å². The number of carbonyl (C=O) groups excluding carboxylic acids is 1. The number of carbonyl (C=O) groups is 1. The van der Waals surface area contributed by atoms with Gasteiger partial charge in [0.15, 0.2) is 0 Å². The molecule has 0 spiro atoms. The number of hydrogen-bond donors (Lipinski definition) is 0. The van der Waals surface area contributed by atoms with Crippen LogP contribution in [0.1, 0.15) is 53.9 Å². The van der Waals surface area contributed by atoms with Crippen LogP contribution in [-0.2, 0) is 9.47 Å². The standard InChI is InChI=1S/C18H34N2O3/c1-13(2)22-16(18(3,4)5)15-11-14(12-19(15)6)23-17(21)20-9-7-8-10-20/h13-16H,7-12H2,1-6H3/t14?,15-,16?/m0/s1. The van der Waals surface area contributed by atoms with Crippen molar-refractivity contribution in [2.75, 3.05) is 26.7 Å². The van der Waals surface area contributed by atoms with E-state index >= 15 is 0 Å². The van der Waals surface area contributed by atoms with Crippen molar-refractivity contribution in [3.63, 3.8) is 0 Å². The summed E-state index contributed by atoms with van der Waals surface area (Å²) in [7, 11) is 2.11. The van der Waals surface area contributed by atoms with Crippen LogP contribution in [0.4, 0.5) is 4.79 Å². The van der Waals surface area contributed by atoms with Crippen LogP contribution < -0.4 is 0 Å². The summed E-state index contributed by atoms with van der Waals surface area (Å²) in [6.45, 7) is 13.3. The van der Waals surface area contributed by atoms with Gasteiger partial charge >= 0.3 is 6.09 Å². The second-order valence-corrected chi connectivity index (χ2v) is 8.41. The van der Waals surface area contributed by atoms with Crippen LogP contribution >= 0.6 is 0 Å². The number of ether oxygens (including phenoxy) is 2. The lowest BCUT2D eigenvalue weighted by molar-refractivity contribution is -0.0867. The van der Waals surface area contributed by atoms with Crippen LogP contribution in [0.15, 0.2) is 0 Å². The minimum atomic E-state index is -0.140. The highest BCUT2D eigenvalue weighted by molar-refractivity contribution is 5.68. The van der Waals surface area contributed by atoms with Crippen LogP contribution in [0, 0.1) is 5.41 Å². The minimum Gasteiger partial charge on any atom is -0.445 e. The third-order valence-corrected chi connectivity index (χ3v) is 4.82. The molecule has 2 fully saturated rings. The molecule has 2 aliphatic rings. The lowest BCUT2D eigenvalue weighted by atomic mass is 9.83. The molecule has 0 radical (unpaired) electrons. The Balaban J connectivity index is 1.97. The molecule has 0 saturated carbocycles. The predicted molar refractivity (Wildman–Crippen MR) is 91.6 cm³/mol. The summed E-state index contributed by atoms with van der Waals surface area (Å²) in [4.78, 5) is 16.3. The fourth-order valence-corrected chi connectivity index (χ4v) is 3.70. The highest BCUT2D eigenvalue weighted by Gasteiger charge is 2.43. The third kappa shape index (κ3) is 4.83. The molecule has 2 unspecified atom stereocenters. The fourth-order valence-electron chi connectivity index (χ4n) is 3.70. The molecule has 0 N–H and O–H groups in total. The van der Waals surface area contributed by atoms with Crippen molar-refractivity contribution < 1.29 is 14.3 Å². The van der Waals surface area contributed by atoms with Crippen molar-refractivity contribution >= 4 is 6.09 Å². The van der Waals surface area contributed by atoms with E-state index in [2.05, 4.69) is 46.6 Å². The molecule has 0 aromatic carbocycles. The first-order chi connectivity index (χ1) is 10.7. The van der Waals surface area contributed by atoms with E-state index in [4.69, 9.17) is 9.47 Å². The van der Waals surface area contributed by atoms with Gasteiger partial charge in [0.05, 0.1) is 12.2 Å². The third-order valence-electron chi connectivity index (χ3n) is 4.82. The van der Waals surface area contributed by atoms with E-state index in [0.717, 1.165) is 38.9 Å². The van der Waals surface area contributed by atoms with Crippen molar-refractivity contribution in [2.24, 2.45) is 5.41 Å². The number of hydrogen-bond acceptors (Lipinski definition) is 4. The summed E-state index contributed by atoms with van der Waals surface area (Å²) in [6, 6.07) is 0.286. The van der Waals surface area contributed by atoms with E-state index in [1.807, 2.05) is 4.90 Å². The maximum absolute atomic E-state index is 12.2. The van der Waals surface area contributed by atoms with E-state index < -0.39 is 0 Å². The van der Waals surface area contributed by atoms with Gasteiger partial charge in [-0.1, -0.05) is 20.8 Å². The van der Waals surface area contributed by atoms with E-state index in [1.54, 1.807) is 0 Å². The van der Waals surface area contributed by atoms with E-state index in [0.29, 0.717) is 0 Å². The topological polar surface area (TPSA) is 42.0 Å². The molecule has 23 heavy (non-hydrogen) atoms. The van der Waals surface area contributed by atoms with Crippen molar-refractivity contribution in [1.29, 1.82) is 0 Å². The number of likely N-dealkylation sites (N-methyl/N-ethyl adjacent to an activating group) is 1. The molecule has 3 atom stereocenters. The van der Waals surface area contributed by atoms with Crippen LogP contribution in [0.3, 0.4) is 0 Å². The first-order valence-electron chi connectivity index (χ1n) is 8.99. The van der Waals surface area contributed by atoms with Gasteiger partial charge in [-0.25, -0.2) is 4.79 Å². The first-order valence-corrected chi connectivity index (χ1v) is 8.99. The molecule has 5 heteroatoms. The number of nitrogens with zero attached hydrogens (tertiary/aromatic N) is 2. The first kappa shape index (κ1) is 18.5. The summed E-state index contributed by atoms with van der Waals surface area (Å²) in [5.74, 6) is 0. The average molecular weight is 326 g/mol. The quantitative estimate of drug-likeness (QED) is 0.796. The van der Waals surface area contributed by atoms with Crippen LogP contribution in [0.25, 0.3) is 0 Å². The van der Waals surface area contributed by atoms with Crippen LogP contribution in [0.2, 0.25) is 0 Å². The Kier molecular flexibility index (Phi) is 5.95. The largest absolute Gasteiger partial charge is 0.445 e. The van der Waals surface area contributed by atoms with Crippen LogP contribution in [-0.4, -0.2) is 66.9 Å². The van der Waals surface area contributed by atoms with Gasteiger partial charge in [-0.3, -0.25) is 4.90 Å². The Hall–Kier alpha value is -0.810. The number of amides is 1. The lowest BCUT2D eigenvalue weighted by Crippen LogP contribution is -2.46. The Morgan fingerprint density at radius 1 is 1.17 bits per heavy atom. The molecular formula is C18H34N2O3.